The molecule has 0 amide bonds. The molecule has 0 aliphatic rings. The Balaban J connectivity index is 0.00000147. The molecule has 0 atom stereocenters. The van der Waals surface area contributed by atoms with Gasteiger partial charge in [-0.2, -0.15) is 10.1 Å². The summed E-state index contributed by atoms with van der Waals surface area (Å²) in [5, 5.41) is 6.22. The molecule has 0 radical (unpaired) electrons. The van der Waals surface area contributed by atoms with Gasteiger partial charge in [0.05, 0.1) is 12.8 Å². The van der Waals surface area contributed by atoms with E-state index in [0.717, 1.165) is 17.0 Å². The highest BCUT2D eigenvalue weighted by Crippen LogP contribution is 2.25. The maximum atomic E-state index is 11.5. The normalized spacial score (nSPS) is 10.3. The summed E-state index contributed by atoms with van der Waals surface area (Å²) in [6.07, 6.45) is 0. The van der Waals surface area contributed by atoms with Crippen LogP contribution in [-0.4, -0.2) is 21.7 Å². The van der Waals surface area contributed by atoms with E-state index in [-0.39, 0.29) is 22.5 Å². The fourth-order valence-electron chi connectivity index (χ4n) is 1.79. The Morgan fingerprint density at radius 1 is 1.25 bits per heavy atom. The van der Waals surface area contributed by atoms with Crippen molar-refractivity contribution < 1.29 is 21.7 Å². The average molecular weight is 353 g/mol. The van der Waals surface area contributed by atoms with Gasteiger partial charge in [-0.15, -0.1) is 11.3 Å². The first-order chi connectivity index (χ1) is 9.19. The predicted molar refractivity (Wildman–Crippen MR) is 73.9 cm³/mol. The summed E-state index contributed by atoms with van der Waals surface area (Å²) in [6.45, 7) is 1.66. The van der Waals surface area contributed by atoms with Crippen LogP contribution in [0, 0.1) is 6.92 Å². The number of methoxy groups -OCH3 is 1. The van der Waals surface area contributed by atoms with Crippen molar-refractivity contribution in [1.82, 2.24) is 14.6 Å². The lowest BCUT2D eigenvalue weighted by Gasteiger charge is -2.03. The zero-order chi connectivity index (χ0) is 13.4. The number of ether oxygens (including phenoxy) is 1. The minimum atomic E-state index is -0.275. The summed E-state index contributed by atoms with van der Waals surface area (Å²) in [5.41, 5.74) is 2.04. The van der Waals surface area contributed by atoms with Gasteiger partial charge in [0.1, 0.15) is 11.4 Å². The van der Waals surface area contributed by atoms with Crippen LogP contribution in [0.1, 0.15) is 5.69 Å². The molecule has 2 heterocycles. The molecule has 0 bridgehead atoms. The molecule has 2 aromatic heterocycles. The van der Waals surface area contributed by atoms with Gasteiger partial charge in [0, 0.05) is 10.9 Å². The maximum Gasteiger partial charge on any atom is 0.295 e. The molecule has 3 rings (SSSR count). The molecule has 3 aromatic rings. The second-order valence-corrected chi connectivity index (χ2v) is 4.88. The van der Waals surface area contributed by atoms with Crippen LogP contribution in [0.3, 0.4) is 0 Å². The third-order valence-corrected chi connectivity index (χ3v) is 3.64. The summed E-state index contributed by atoms with van der Waals surface area (Å²) < 4.78 is 6.83. The number of hydrogen-bond donors (Lipinski definition) is 0. The summed E-state index contributed by atoms with van der Waals surface area (Å²) in [7, 11) is 1.63. The lowest BCUT2D eigenvalue weighted by Crippen LogP contribution is -3.00. The summed E-state index contributed by atoms with van der Waals surface area (Å²) >= 11 is 1.40. The first kappa shape index (κ1) is 14.7. The molecule has 0 aliphatic heterocycles. The molecule has 5 nitrogen and oxygen atoms in total. The Morgan fingerprint density at radius 3 is 2.60 bits per heavy atom. The molecule has 0 fully saturated rings. The van der Waals surface area contributed by atoms with Crippen LogP contribution in [0.5, 0.6) is 5.75 Å². The van der Waals surface area contributed by atoms with Gasteiger partial charge >= 0.3 is 0 Å². The largest absolute Gasteiger partial charge is 1.00 e. The number of nitrogens with zero attached hydrogens (tertiary/aromatic N) is 3. The molecule has 0 spiro atoms. The smallest absolute Gasteiger partial charge is 0.295 e. The fourth-order valence-corrected chi connectivity index (χ4v) is 2.62. The molecule has 104 valence electrons. The van der Waals surface area contributed by atoms with Crippen molar-refractivity contribution in [1.29, 1.82) is 0 Å². The minimum Gasteiger partial charge on any atom is -1.00 e. The van der Waals surface area contributed by atoms with Gasteiger partial charge in [0.2, 0.25) is 4.96 Å². The van der Waals surface area contributed by atoms with Gasteiger partial charge < -0.3 is 21.7 Å². The van der Waals surface area contributed by atoms with E-state index >= 15 is 0 Å². The molecule has 7 heteroatoms. The number of aryl methyl sites for hydroxylation is 1. The highest BCUT2D eigenvalue weighted by atomic mass is 79.9. The van der Waals surface area contributed by atoms with Crippen molar-refractivity contribution in [3.05, 3.63) is 45.7 Å². The van der Waals surface area contributed by atoms with Crippen LogP contribution in [0.15, 0.2) is 34.4 Å². The Labute approximate surface area is 129 Å². The summed E-state index contributed by atoms with van der Waals surface area (Å²) in [6, 6.07) is 7.69. The molecule has 0 saturated carbocycles. The fraction of sp³-hybridized carbons (Fsp3) is 0.154. The lowest BCUT2D eigenvalue weighted by molar-refractivity contribution is -0.00000429. The minimum absolute atomic E-state index is 0. The van der Waals surface area contributed by atoms with E-state index in [0.29, 0.717) is 10.7 Å². The number of rotatable bonds is 2. The molecule has 1 aromatic carbocycles. The molecule has 20 heavy (non-hydrogen) atoms. The predicted octanol–water partition coefficient (Wildman–Crippen LogP) is -0.861. The third-order valence-electron chi connectivity index (χ3n) is 2.83. The van der Waals surface area contributed by atoms with Crippen molar-refractivity contribution in [3.8, 4) is 17.0 Å². The van der Waals surface area contributed by atoms with Gasteiger partial charge in [0.25, 0.3) is 5.56 Å². The molecule has 0 saturated heterocycles. The lowest BCUT2D eigenvalue weighted by atomic mass is 10.2. The van der Waals surface area contributed by atoms with E-state index in [1.165, 1.54) is 11.3 Å². The van der Waals surface area contributed by atoms with Crippen molar-refractivity contribution in [2.45, 2.75) is 6.92 Å². The number of aromatic nitrogens is 3. The third kappa shape index (κ3) is 2.46. The van der Waals surface area contributed by atoms with E-state index in [9.17, 15) is 4.79 Å². The Hall–Kier alpha value is -1.73. The van der Waals surface area contributed by atoms with E-state index in [4.69, 9.17) is 4.74 Å². The Morgan fingerprint density at radius 2 is 1.95 bits per heavy atom. The second kappa shape index (κ2) is 5.72. The number of hydrogen-bond acceptors (Lipinski definition) is 5. The van der Waals surface area contributed by atoms with Gasteiger partial charge in [-0.1, -0.05) is 0 Å². The quantitative estimate of drug-likeness (QED) is 0.602. The van der Waals surface area contributed by atoms with Crippen molar-refractivity contribution in [2.75, 3.05) is 7.11 Å². The number of thiazole rings is 1. The number of fused-ring (bicyclic) bond motifs is 1. The Kier molecular flexibility index (Phi) is 4.20. The zero-order valence-corrected chi connectivity index (χ0v) is 13.2. The van der Waals surface area contributed by atoms with Crippen LogP contribution >= 0.6 is 11.3 Å². The Bertz CT molecular complexity index is 795. The van der Waals surface area contributed by atoms with Crippen molar-refractivity contribution in [3.63, 3.8) is 0 Å². The average Bonchev–Trinajstić information content (AvgIpc) is 2.82. The second-order valence-electron chi connectivity index (χ2n) is 4.05. The number of benzene rings is 1. The van der Waals surface area contributed by atoms with Crippen LogP contribution in [-0.2, 0) is 0 Å². The van der Waals surface area contributed by atoms with Gasteiger partial charge in [-0.3, -0.25) is 4.79 Å². The molecular weight excluding hydrogens is 342 g/mol. The highest BCUT2D eigenvalue weighted by Gasteiger charge is 2.09. The number of halogens is 1. The highest BCUT2D eigenvalue weighted by molar-refractivity contribution is 7.15. The molecule has 0 aliphatic carbocycles. The van der Waals surface area contributed by atoms with Gasteiger partial charge in [-0.05, 0) is 31.2 Å². The van der Waals surface area contributed by atoms with Crippen LogP contribution in [0.2, 0.25) is 0 Å². The first-order valence-corrected chi connectivity index (χ1v) is 6.56. The van der Waals surface area contributed by atoms with E-state index < -0.39 is 0 Å². The first-order valence-electron chi connectivity index (χ1n) is 5.68. The van der Waals surface area contributed by atoms with Crippen molar-refractivity contribution >= 4 is 16.3 Å². The van der Waals surface area contributed by atoms with Crippen LogP contribution in [0.25, 0.3) is 16.2 Å². The van der Waals surface area contributed by atoms with Crippen LogP contribution < -0.4 is 27.3 Å². The monoisotopic (exact) mass is 352 g/mol. The SMILES string of the molecule is COc1ccc(-c2csc3nc(=O)c(C)nn23)cc1.[Br-]. The van der Waals surface area contributed by atoms with Crippen LogP contribution in [0.4, 0.5) is 0 Å². The van der Waals surface area contributed by atoms with E-state index in [1.807, 2.05) is 29.6 Å². The van der Waals surface area contributed by atoms with E-state index in [2.05, 4.69) is 10.1 Å². The zero-order valence-electron chi connectivity index (χ0n) is 10.8. The molecular formula is C13H11BrN3O2S-. The molecule has 0 unspecified atom stereocenters. The van der Waals surface area contributed by atoms with Gasteiger partial charge in [0.15, 0.2) is 0 Å². The maximum absolute atomic E-state index is 11.5. The van der Waals surface area contributed by atoms with Gasteiger partial charge in [-0.25, -0.2) is 4.52 Å². The summed E-state index contributed by atoms with van der Waals surface area (Å²) in [4.78, 5) is 16.1. The molecule has 0 N–H and O–H groups in total. The standard InChI is InChI=1S/C13H11N3O2S.BrH/c1-8-12(17)14-13-16(15-8)11(7-19-13)9-3-5-10(18-2)6-4-9;/h3-7H,1-2H3;1H/p-1. The van der Waals surface area contributed by atoms with E-state index in [1.54, 1.807) is 18.5 Å². The topological polar surface area (TPSA) is 56.5 Å². The summed E-state index contributed by atoms with van der Waals surface area (Å²) in [5.74, 6) is 0.803. The van der Waals surface area contributed by atoms with Crippen molar-refractivity contribution in [2.24, 2.45) is 0 Å².